The highest BCUT2D eigenvalue weighted by molar-refractivity contribution is 7.98. The maximum absolute atomic E-state index is 12.6. The first-order chi connectivity index (χ1) is 10.6. The van der Waals surface area contributed by atoms with Crippen LogP contribution >= 0.6 is 11.8 Å². The average molecular weight is 333 g/mol. The zero-order chi connectivity index (χ0) is 15.9. The quantitative estimate of drug-likeness (QED) is 0.826. The third-order valence-electron chi connectivity index (χ3n) is 3.26. The Morgan fingerprint density at radius 2 is 1.77 bits per heavy atom. The van der Waals surface area contributed by atoms with Gasteiger partial charge in [-0.3, -0.25) is 9.00 Å². The number of carbonyl (C=O) groups excluding carboxylic acids is 1. The second-order valence-electron chi connectivity index (χ2n) is 4.88. The molecule has 22 heavy (non-hydrogen) atoms. The summed E-state index contributed by atoms with van der Waals surface area (Å²) in [5, 5.41) is 3.01. The zero-order valence-corrected chi connectivity index (χ0v) is 14.2. The Bertz CT molecular complexity index is 659. The topological polar surface area (TPSA) is 46.2 Å². The minimum Gasteiger partial charge on any atom is -0.344 e. The molecule has 0 aromatic heterocycles. The van der Waals surface area contributed by atoms with Crippen molar-refractivity contribution < 1.29 is 9.00 Å². The zero-order valence-electron chi connectivity index (χ0n) is 12.6. The van der Waals surface area contributed by atoms with Gasteiger partial charge in [-0.15, -0.1) is 11.8 Å². The fourth-order valence-corrected chi connectivity index (χ4v) is 3.55. The van der Waals surface area contributed by atoms with E-state index in [0.29, 0.717) is 11.3 Å². The van der Waals surface area contributed by atoms with Crippen molar-refractivity contribution in [2.75, 3.05) is 18.3 Å². The molecule has 2 atom stereocenters. The number of hydrogen-bond acceptors (Lipinski definition) is 3. The summed E-state index contributed by atoms with van der Waals surface area (Å²) in [6, 6.07) is 16.9. The van der Waals surface area contributed by atoms with E-state index in [1.807, 2.05) is 60.9 Å². The van der Waals surface area contributed by atoms with Crippen molar-refractivity contribution >= 4 is 28.5 Å². The molecular weight excluding hydrogens is 314 g/mol. The van der Waals surface area contributed by atoms with Gasteiger partial charge < -0.3 is 5.32 Å². The van der Waals surface area contributed by atoms with Crippen LogP contribution in [0.15, 0.2) is 59.5 Å². The van der Waals surface area contributed by atoms with Gasteiger partial charge >= 0.3 is 0 Å². The van der Waals surface area contributed by atoms with Crippen LogP contribution in [0, 0.1) is 0 Å². The minimum atomic E-state index is -0.996. The van der Waals surface area contributed by atoms with Crippen molar-refractivity contribution in [3.63, 3.8) is 0 Å². The molecule has 2 rings (SSSR count). The highest BCUT2D eigenvalue weighted by atomic mass is 32.2. The van der Waals surface area contributed by atoms with E-state index < -0.39 is 10.8 Å². The minimum absolute atomic E-state index is 0.135. The van der Waals surface area contributed by atoms with Crippen LogP contribution < -0.4 is 5.32 Å². The molecule has 2 aromatic rings. The van der Waals surface area contributed by atoms with E-state index in [9.17, 15) is 9.00 Å². The van der Waals surface area contributed by atoms with Crippen LogP contribution in [0.3, 0.4) is 0 Å². The molecule has 0 fully saturated rings. The first kappa shape index (κ1) is 16.8. The number of benzene rings is 2. The molecule has 0 aliphatic carbocycles. The lowest BCUT2D eigenvalue weighted by Crippen LogP contribution is -2.32. The molecule has 0 heterocycles. The standard InChI is InChI=1S/C17H19NO2S2/c1-21-16-11-7-6-10-14(16)17(19)18-15(12-22(2)20)13-8-4-3-5-9-13/h3-11,15H,12H2,1-2H3,(H,18,19)/t15-,22+/m0/s1. The maximum atomic E-state index is 12.6. The van der Waals surface area contributed by atoms with E-state index in [0.717, 1.165) is 10.5 Å². The summed E-state index contributed by atoms with van der Waals surface area (Å²) < 4.78 is 11.6. The van der Waals surface area contributed by atoms with Gasteiger partial charge in [-0.2, -0.15) is 0 Å². The van der Waals surface area contributed by atoms with Gasteiger partial charge in [0.25, 0.3) is 5.91 Å². The van der Waals surface area contributed by atoms with Gasteiger partial charge in [-0.25, -0.2) is 0 Å². The molecule has 1 amide bonds. The summed E-state index contributed by atoms with van der Waals surface area (Å²) in [4.78, 5) is 13.5. The number of amides is 1. The molecule has 3 nitrogen and oxygen atoms in total. The van der Waals surface area contributed by atoms with Gasteiger partial charge in [0.1, 0.15) is 0 Å². The monoisotopic (exact) mass is 333 g/mol. The van der Waals surface area contributed by atoms with Crippen LogP contribution in [0.5, 0.6) is 0 Å². The molecule has 0 saturated carbocycles. The summed E-state index contributed by atoms with van der Waals surface area (Å²) in [6.07, 6.45) is 3.60. The first-order valence-electron chi connectivity index (χ1n) is 6.90. The Kier molecular flexibility index (Phi) is 6.21. The lowest BCUT2D eigenvalue weighted by molar-refractivity contribution is 0.0937. The molecule has 0 unspecified atom stereocenters. The van der Waals surface area contributed by atoms with Crippen LogP contribution in [0.2, 0.25) is 0 Å². The third-order valence-corrected chi connectivity index (χ3v) is 4.86. The molecule has 116 valence electrons. The van der Waals surface area contributed by atoms with E-state index in [1.165, 1.54) is 11.8 Å². The van der Waals surface area contributed by atoms with Crippen molar-refractivity contribution in [3.05, 3.63) is 65.7 Å². The number of rotatable bonds is 6. The fourth-order valence-electron chi connectivity index (χ4n) is 2.21. The van der Waals surface area contributed by atoms with Crippen LogP contribution in [0.1, 0.15) is 22.0 Å². The number of carbonyl (C=O) groups is 1. The third kappa shape index (κ3) is 4.45. The van der Waals surface area contributed by atoms with E-state index in [4.69, 9.17) is 0 Å². The smallest absolute Gasteiger partial charge is 0.252 e. The molecule has 0 bridgehead atoms. The fraction of sp³-hybridized carbons (Fsp3) is 0.235. The Labute approximate surface area is 138 Å². The van der Waals surface area contributed by atoms with Crippen LogP contribution in [-0.2, 0) is 10.8 Å². The largest absolute Gasteiger partial charge is 0.344 e. The second kappa shape index (κ2) is 8.15. The van der Waals surface area contributed by atoms with Gasteiger partial charge in [0, 0.05) is 27.7 Å². The van der Waals surface area contributed by atoms with E-state index in [-0.39, 0.29) is 11.9 Å². The lowest BCUT2D eigenvalue weighted by Gasteiger charge is -2.19. The Morgan fingerprint density at radius 3 is 2.41 bits per heavy atom. The molecule has 0 aliphatic heterocycles. The molecule has 5 heteroatoms. The highest BCUT2D eigenvalue weighted by Crippen LogP contribution is 2.21. The molecule has 1 N–H and O–H groups in total. The lowest BCUT2D eigenvalue weighted by atomic mass is 10.1. The van der Waals surface area contributed by atoms with Gasteiger partial charge in [-0.05, 0) is 24.0 Å². The van der Waals surface area contributed by atoms with Gasteiger partial charge in [0.05, 0.1) is 11.6 Å². The predicted octanol–water partition coefficient (Wildman–Crippen LogP) is 3.26. The molecule has 2 aromatic carbocycles. The van der Waals surface area contributed by atoms with Crippen molar-refractivity contribution in [2.45, 2.75) is 10.9 Å². The van der Waals surface area contributed by atoms with Gasteiger partial charge in [0.2, 0.25) is 0 Å². The molecule has 0 spiro atoms. The van der Waals surface area contributed by atoms with Crippen LogP contribution in [-0.4, -0.2) is 28.4 Å². The number of nitrogens with one attached hydrogen (secondary N) is 1. The van der Waals surface area contributed by atoms with Gasteiger partial charge in [0.15, 0.2) is 0 Å². The second-order valence-corrected chi connectivity index (χ2v) is 7.20. The average Bonchev–Trinajstić information content (AvgIpc) is 2.54. The number of thioether (sulfide) groups is 1. The van der Waals surface area contributed by atoms with E-state index in [1.54, 1.807) is 6.26 Å². The SMILES string of the molecule is CSc1ccccc1C(=O)N[C@@H](C[S@@](C)=O)c1ccccc1. The Hall–Kier alpha value is -1.59. The van der Waals surface area contributed by atoms with Crippen molar-refractivity contribution in [3.8, 4) is 0 Å². The van der Waals surface area contributed by atoms with Crippen LogP contribution in [0.25, 0.3) is 0 Å². The molecule has 0 aliphatic rings. The van der Waals surface area contributed by atoms with Crippen molar-refractivity contribution in [1.29, 1.82) is 0 Å². The first-order valence-corrected chi connectivity index (χ1v) is 9.86. The summed E-state index contributed by atoms with van der Waals surface area (Å²) in [6.45, 7) is 0. The summed E-state index contributed by atoms with van der Waals surface area (Å²) in [7, 11) is -0.996. The van der Waals surface area contributed by atoms with E-state index >= 15 is 0 Å². The highest BCUT2D eigenvalue weighted by Gasteiger charge is 2.18. The van der Waals surface area contributed by atoms with Crippen molar-refractivity contribution in [2.24, 2.45) is 0 Å². The molecule has 0 radical (unpaired) electrons. The summed E-state index contributed by atoms with van der Waals surface area (Å²) >= 11 is 1.54. The van der Waals surface area contributed by atoms with Gasteiger partial charge in [-0.1, -0.05) is 42.5 Å². The van der Waals surface area contributed by atoms with Crippen molar-refractivity contribution in [1.82, 2.24) is 5.32 Å². The van der Waals surface area contributed by atoms with E-state index in [2.05, 4.69) is 5.32 Å². The molecule has 0 saturated heterocycles. The Balaban J connectivity index is 2.23. The summed E-state index contributed by atoms with van der Waals surface area (Å²) in [5.41, 5.74) is 1.62. The van der Waals surface area contributed by atoms with Crippen LogP contribution in [0.4, 0.5) is 0 Å². The normalized spacial score (nSPS) is 13.4. The number of hydrogen-bond donors (Lipinski definition) is 1. The Morgan fingerprint density at radius 1 is 1.14 bits per heavy atom. The predicted molar refractivity (Wildman–Crippen MR) is 93.8 cm³/mol. The molecular formula is C17H19NO2S2. The maximum Gasteiger partial charge on any atom is 0.252 e. The summed E-state index contributed by atoms with van der Waals surface area (Å²) in [5.74, 6) is 0.265.